The van der Waals surface area contributed by atoms with E-state index < -0.39 is 0 Å². The van der Waals surface area contributed by atoms with Crippen LogP contribution in [0.25, 0.3) is 0 Å². The molecule has 2 rings (SSSR count). The number of fused-ring (bicyclic) bond motifs is 1. The number of carbonyl (C=O) groups excluding carboxylic acids is 1. The van der Waals surface area contributed by atoms with Gasteiger partial charge >= 0.3 is 0 Å². The Bertz CT molecular complexity index is 362. The quantitative estimate of drug-likeness (QED) is 0.690. The largest absolute Gasteiger partial charge is 0.382 e. The van der Waals surface area contributed by atoms with Gasteiger partial charge in [0.1, 0.15) is 0 Å². The Morgan fingerprint density at radius 2 is 2.31 bits per heavy atom. The number of anilines is 1. The van der Waals surface area contributed by atoms with Gasteiger partial charge in [0.25, 0.3) is 0 Å². The average molecular weight is 196 g/mol. The fraction of sp³-hybridized carbons (Fsp3) is 0.300. The first-order valence-corrected chi connectivity index (χ1v) is 4.64. The molecule has 0 bridgehead atoms. The van der Waals surface area contributed by atoms with E-state index >= 15 is 0 Å². The molecule has 0 radical (unpaired) electrons. The summed E-state index contributed by atoms with van der Waals surface area (Å²) in [5.74, 6) is 0.170. The summed E-state index contributed by atoms with van der Waals surface area (Å²) in [5, 5.41) is 3.85. The fourth-order valence-electron chi connectivity index (χ4n) is 1.58. The highest BCUT2D eigenvalue weighted by Gasteiger charge is 2.21. The highest BCUT2D eigenvalue weighted by atomic mass is 35.5. The Hall–Kier alpha value is -1.02. The molecule has 1 aromatic rings. The van der Waals surface area contributed by atoms with E-state index in [4.69, 9.17) is 11.6 Å². The molecular formula is C10H10ClNO. The molecule has 0 saturated carbocycles. The third-order valence-corrected chi connectivity index (χ3v) is 2.41. The Kier molecular flexibility index (Phi) is 2.00. The lowest BCUT2D eigenvalue weighted by Gasteiger charge is -2.22. The van der Waals surface area contributed by atoms with Crippen molar-refractivity contribution in [1.82, 2.24) is 0 Å². The SMILES string of the molecule is CC1CC(=O)c2cc(Cl)ccc2N1. The van der Waals surface area contributed by atoms with Crippen LogP contribution < -0.4 is 5.32 Å². The lowest BCUT2D eigenvalue weighted by Crippen LogP contribution is -2.26. The standard InChI is InChI=1S/C10H10ClNO/c1-6-4-10(13)8-5-7(11)2-3-9(8)12-6/h2-3,5-6,12H,4H2,1H3. The van der Waals surface area contributed by atoms with E-state index in [2.05, 4.69) is 5.32 Å². The summed E-state index contributed by atoms with van der Waals surface area (Å²) < 4.78 is 0. The molecule has 13 heavy (non-hydrogen) atoms. The van der Waals surface area contributed by atoms with Crippen molar-refractivity contribution < 1.29 is 4.79 Å². The van der Waals surface area contributed by atoms with Gasteiger partial charge in [0.05, 0.1) is 0 Å². The van der Waals surface area contributed by atoms with E-state index in [1.807, 2.05) is 13.0 Å². The third-order valence-electron chi connectivity index (χ3n) is 2.18. The van der Waals surface area contributed by atoms with Crippen LogP contribution in [0.1, 0.15) is 23.7 Å². The normalized spacial score (nSPS) is 20.8. The van der Waals surface area contributed by atoms with Crippen LogP contribution in [0.4, 0.5) is 5.69 Å². The number of halogens is 1. The van der Waals surface area contributed by atoms with Crippen LogP contribution in [-0.2, 0) is 0 Å². The molecule has 1 aliphatic heterocycles. The molecule has 0 spiro atoms. The lowest BCUT2D eigenvalue weighted by atomic mass is 9.98. The van der Waals surface area contributed by atoms with Gasteiger partial charge in [0.2, 0.25) is 0 Å². The molecule has 0 saturated heterocycles. The van der Waals surface area contributed by atoms with Crippen molar-refractivity contribution in [3.8, 4) is 0 Å². The minimum absolute atomic E-state index is 0.170. The molecule has 0 amide bonds. The van der Waals surface area contributed by atoms with E-state index in [1.54, 1.807) is 12.1 Å². The highest BCUT2D eigenvalue weighted by Crippen LogP contribution is 2.27. The molecule has 1 heterocycles. The maximum absolute atomic E-state index is 11.5. The first-order chi connectivity index (χ1) is 6.16. The zero-order valence-corrected chi connectivity index (χ0v) is 8.06. The molecule has 3 heteroatoms. The topological polar surface area (TPSA) is 29.1 Å². The van der Waals surface area contributed by atoms with Gasteiger partial charge in [0, 0.05) is 28.7 Å². The second-order valence-corrected chi connectivity index (χ2v) is 3.80. The Morgan fingerprint density at radius 3 is 3.08 bits per heavy atom. The molecule has 0 aromatic heterocycles. The number of ketones is 1. The first kappa shape index (κ1) is 8.57. The number of rotatable bonds is 0. The molecule has 1 N–H and O–H groups in total. The maximum atomic E-state index is 11.5. The van der Waals surface area contributed by atoms with Gasteiger partial charge < -0.3 is 5.32 Å². The van der Waals surface area contributed by atoms with Gasteiger partial charge in [-0.15, -0.1) is 0 Å². The van der Waals surface area contributed by atoms with Gasteiger partial charge in [-0.05, 0) is 25.1 Å². The summed E-state index contributed by atoms with van der Waals surface area (Å²) in [4.78, 5) is 11.5. The number of Topliss-reactive ketones (excluding diaryl/α,β-unsaturated/α-hetero) is 1. The molecule has 1 atom stereocenters. The number of carbonyl (C=O) groups is 1. The van der Waals surface area contributed by atoms with Crippen LogP contribution in [0.15, 0.2) is 18.2 Å². The number of benzene rings is 1. The van der Waals surface area contributed by atoms with Crippen molar-refractivity contribution >= 4 is 23.1 Å². The Balaban J connectivity index is 2.49. The second-order valence-electron chi connectivity index (χ2n) is 3.36. The van der Waals surface area contributed by atoms with E-state index in [-0.39, 0.29) is 11.8 Å². The molecule has 2 nitrogen and oxygen atoms in total. The molecule has 1 unspecified atom stereocenters. The molecular weight excluding hydrogens is 186 g/mol. The lowest BCUT2D eigenvalue weighted by molar-refractivity contribution is 0.0974. The van der Waals surface area contributed by atoms with Crippen molar-refractivity contribution in [3.63, 3.8) is 0 Å². The van der Waals surface area contributed by atoms with Crippen molar-refractivity contribution in [1.29, 1.82) is 0 Å². The van der Waals surface area contributed by atoms with Gasteiger partial charge in [-0.3, -0.25) is 4.79 Å². The first-order valence-electron chi connectivity index (χ1n) is 4.26. The van der Waals surface area contributed by atoms with Gasteiger partial charge in [-0.2, -0.15) is 0 Å². The van der Waals surface area contributed by atoms with Crippen LogP contribution in [0.3, 0.4) is 0 Å². The number of hydrogen-bond acceptors (Lipinski definition) is 2. The predicted octanol–water partition coefficient (Wildman–Crippen LogP) is 2.73. The van der Waals surface area contributed by atoms with Gasteiger partial charge in [0.15, 0.2) is 5.78 Å². The zero-order chi connectivity index (χ0) is 9.42. The van der Waals surface area contributed by atoms with Crippen LogP contribution in [0, 0.1) is 0 Å². The van der Waals surface area contributed by atoms with Crippen molar-refractivity contribution in [3.05, 3.63) is 28.8 Å². The summed E-state index contributed by atoms with van der Waals surface area (Å²) in [7, 11) is 0. The molecule has 68 valence electrons. The van der Waals surface area contributed by atoms with Crippen molar-refractivity contribution in [2.45, 2.75) is 19.4 Å². The van der Waals surface area contributed by atoms with E-state index in [0.29, 0.717) is 17.0 Å². The summed E-state index contributed by atoms with van der Waals surface area (Å²) >= 11 is 5.80. The molecule has 0 aliphatic carbocycles. The van der Waals surface area contributed by atoms with Crippen molar-refractivity contribution in [2.24, 2.45) is 0 Å². The molecule has 1 aliphatic rings. The van der Waals surface area contributed by atoms with E-state index in [9.17, 15) is 4.79 Å². The molecule has 1 aromatic carbocycles. The summed E-state index contributed by atoms with van der Waals surface area (Å²) in [6, 6.07) is 5.59. The summed E-state index contributed by atoms with van der Waals surface area (Å²) in [6.07, 6.45) is 0.549. The minimum atomic E-state index is 0.170. The smallest absolute Gasteiger partial charge is 0.167 e. The zero-order valence-electron chi connectivity index (χ0n) is 7.30. The monoisotopic (exact) mass is 195 g/mol. The average Bonchev–Trinajstić information content (AvgIpc) is 2.06. The third kappa shape index (κ3) is 1.54. The Labute approximate surface area is 81.9 Å². The van der Waals surface area contributed by atoms with Crippen LogP contribution >= 0.6 is 11.6 Å². The summed E-state index contributed by atoms with van der Waals surface area (Å²) in [5.41, 5.74) is 1.61. The van der Waals surface area contributed by atoms with Crippen LogP contribution in [0.5, 0.6) is 0 Å². The van der Waals surface area contributed by atoms with E-state index in [0.717, 1.165) is 5.69 Å². The second kappa shape index (κ2) is 3.04. The minimum Gasteiger partial charge on any atom is -0.382 e. The van der Waals surface area contributed by atoms with E-state index in [1.165, 1.54) is 0 Å². The molecule has 0 fully saturated rings. The van der Waals surface area contributed by atoms with Crippen LogP contribution in [0.2, 0.25) is 5.02 Å². The number of nitrogens with one attached hydrogen (secondary N) is 1. The highest BCUT2D eigenvalue weighted by molar-refractivity contribution is 6.31. The van der Waals surface area contributed by atoms with Gasteiger partial charge in [-0.25, -0.2) is 0 Å². The van der Waals surface area contributed by atoms with Gasteiger partial charge in [-0.1, -0.05) is 11.6 Å². The maximum Gasteiger partial charge on any atom is 0.167 e. The fourth-order valence-corrected chi connectivity index (χ4v) is 1.75. The Morgan fingerprint density at radius 1 is 1.54 bits per heavy atom. The predicted molar refractivity (Wildman–Crippen MR) is 53.5 cm³/mol. The number of hydrogen-bond donors (Lipinski definition) is 1. The van der Waals surface area contributed by atoms with Crippen molar-refractivity contribution in [2.75, 3.05) is 5.32 Å². The van der Waals surface area contributed by atoms with Crippen LogP contribution in [-0.4, -0.2) is 11.8 Å². The summed E-state index contributed by atoms with van der Waals surface area (Å²) in [6.45, 7) is 2.00.